The molecule has 9 heteroatoms. The van der Waals surface area contributed by atoms with Crippen molar-refractivity contribution in [1.29, 1.82) is 0 Å². The van der Waals surface area contributed by atoms with Crippen LogP contribution in [0.1, 0.15) is 0 Å². The molecule has 0 unspecified atom stereocenters. The highest BCUT2D eigenvalue weighted by Gasteiger charge is 2.32. The van der Waals surface area contributed by atoms with Crippen molar-refractivity contribution in [3.8, 4) is 0 Å². The van der Waals surface area contributed by atoms with Gasteiger partial charge in [-0.25, -0.2) is 17.2 Å². The van der Waals surface area contributed by atoms with Crippen molar-refractivity contribution in [2.45, 2.75) is 9.79 Å². The van der Waals surface area contributed by atoms with Crippen LogP contribution in [-0.4, -0.2) is 55.5 Å². The number of carbonyl (C=O) groups is 1. The average Bonchev–Trinajstić information content (AvgIpc) is 2.68. The summed E-state index contributed by atoms with van der Waals surface area (Å²) in [4.78, 5) is 14.2. The number of benzene rings is 2. The van der Waals surface area contributed by atoms with E-state index in [0.717, 1.165) is 21.3 Å². The van der Waals surface area contributed by atoms with E-state index in [9.17, 15) is 22.0 Å². The molecular weight excluding hydrogens is 394 g/mol. The molecule has 3 rings (SSSR count). The Morgan fingerprint density at radius 2 is 1.67 bits per heavy atom. The summed E-state index contributed by atoms with van der Waals surface area (Å²) in [5.74, 6) is -1.64. The monoisotopic (exact) mass is 412 g/mol. The van der Waals surface area contributed by atoms with Crippen molar-refractivity contribution >= 4 is 27.7 Å². The van der Waals surface area contributed by atoms with Gasteiger partial charge in [-0.05, 0) is 30.3 Å². The maximum atomic E-state index is 13.8. The van der Waals surface area contributed by atoms with E-state index in [0.29, 0.717) is 6.07 Å². The summed E-state index contributed by atoms with van der Waals surface area (Å²) in [6.07, 6.45) is 0. The van der Waals surface area contributed by atoms with Crippen LogP contribution in [0.4, 0.5) is 8.78 Å². The summed E-state index contributed by atoms with van der Waals surface area (Å²) in [6.45, 7) is 0.509. The molecule has 2 aromatic rings. The first-order valence-corrected chi connectivity index (χ1v) is 10.7. The molecule has 0 aliphatic carbocycles. The minimum absolute atomic E-state index is 0.0417. The quantitative estimate of drug-likeness (QED) is 0.709. The summed E-state index contributed by atoms with van der Waals surface area (Å²) >= 11 is 1.41. The topological polar surface area (TPSA) is 57.7 Å². The van der Waals surface area contributed by atoms with Crippen LogP contribution in [0.2, 0.25) is 0 Å². The molecule has 0 N–H and O–H groups in total. The minimum atomic E-state index is -4.14. The lowest BCUT2D eigenvalue weighted by Gasteiger charge is -2.34. The van der Waals surface area contributed by atoms with Crippen LogP contribution in [0.15, 0.2) is 58.3 Å². The summed E-state index contributed by atoms with van der Waals surface area (Å²) in [6, 6.07) is 11.8. The van der Waals surface area contributed by atoms with E-state index in [-0.39, 0.29) is 37.8 Å². The number of amides is 1. The van der Waals surface area contributed by atoms with Gasteiger partial charge in [0.25, 0.3) is 0 Å². The van der Waals surface area contributed by atoms with Gasteiger partial charge in [-0.1, -0.05) is 18.2 Å². The van der Waals surface area contributed by atoms with Gasteiger partial charge in [-0.15, -0.1) is 11.8 Å². The summed E-state index contributed by atoms with van der Waals surface area (Å²) in [5, 5.41) is 0. The molecule has 1 aliphatic rings. The van der Waals surface area contributed by atoms with Crippen LogP contribution in [0.25, 0.3) is 0 Å². The van der Waals surface area contributed by atoms with Crippen LogP contribution in [0.5, 0.6) is 0 Å². The Morgan fingerprint density at radius 1 is 1.00 bits per heavy atom. The fraction of sp³-hybridized carbons (Fsp3) is 0.278. The maximum absolute atomic E-state index is 13.8. The van der Waals surface area contributed by atoms with Gasteiger partial charge in [0.1, 0.15) is 16.5 Å². The molecule has 1 fully saturated rings. The maximum Gasteiger partial charge on any atom is 0.246 e. The Kier molecular flexibility index (Phi) is 6.13. The normalized spacial score (nSPS) is 15.7. The van der Waals surface area contributed by atoms with Crippen molar-refractivity contribution < 1.29 is 22.0 Å². The Hall–Kier alpha value is -1.97. The highest BCUT2D eigenvalue weighted by molar-refractivity contribution is 8.00. The van der Waals surface area contributed by atoms with Crippen LogP contribution in [0, 0.1) is 11.6 Å². The van der Waals surface area contributed by atoms with Crippen molar-refractivity contribution in [3.05, 3.63) is 60.2 Å². The third-order valence-electron chi connectivity index (χ3n) is 4.21. The summed E-state index contributed by atoms with van der Waals surface area (Å²) in [5.41, 5.74) is 0. The van der Waals surface area contributed by atoms with Crippen molar-refractivity contribution in [3.63, 3.8) is 0 Å². The number of rotatable bonds is 5. The molecule has 1 amide bonds. The Labute approximate surface area is 161 Å². The van der Waals surface area contributed by atoms with Gasteiger partial charge in [0.15, 0.2) is 0 Å². The largest absolute Gasteiger partial charge is 0.339 e. The van der Waals surface area contributed by atoms with Gasteiger partial charge >= 0.3 is 0 Å². The third kappa shape index (κ3) is 4.66. The third-order valence-corrected chi connectivity index (χ3v) is 7.12. The number of sulfonamides is 1. The van der Waals surface area contributed by atoms with Gasteiger partial charge in [0.2, 0.25) is 15.9 Å². The zero-order valence-electron chi connectivity index (χ0n) is 14.3. The fourth-order valence-corrected chi connectivity index (χ4v) is 5.07. The van der Waals surface area contributed by atoms with E-state index in [1.165, 1.54) is 11.8 Å². The number of carbonyl (C=O) groups excluding carboxylic acids is 1. The lowest BCUT2D eigenvalue weighted by Crippen LogP contribution is -2.51. The second kappa shape index (κ2) is 8.37. The molecular formula is C18H18F2N2O3S2. The molecule has 1 heterocycles. The standard InChI is InChI=1S/C18H18F2N2O3S2/c19-14-6-7-16(20)17(12-14)27(24,25)22-10-8-21(9-11-22)18(23)13-26-15-4-2-1-3-5-15/h1-7,12H,8-11,13H2. The number of thioether (sulfide) groups is 1. The lowest BCUT2D eigenvalue weighted by atomic mass is 10.3. The van der Waals surface area contributed by atoms with E-state index in [2.05, 4.69) is 0 Å². The van der Waals surface area contributed by atoms with Gasteiger partial charge in [0.05, 0.1) is 5.75 Å². The van der Waals surface area contributed by atoms with E-state index in [4.69, 9.17) is 0 Å². The van der Waals surface area contributed by atoms with Crippen molar-refractivity contribution in [2.75, 3.05) is 31.9 Å². The molecule has 1 saturated heterocycles. The zero-order chi connectivity index (χ0) is 19.4. The molecule has 5 nitrogen and oxygen atoms in total. The average molecular weight is 412 g/mol. The Balaban J connectivity index is 1.59. The first-order chi connectivity index (χ1) is 12.9. The molecule has 0 aromatic heterocycles. The number of hydrogen-bond acceptors (Lipinski definition) is 4. The first kappa shape index (κ1) is 19.8. The van der Waals surface area contributed by atoms with Crippen molar-refractivity contribution in [1.82, 2.24) is 9.21 Å². The summed E-state index contributed by atoms with van der Waals surface area (Å²) < 4.78 is 53.4. The van der Waals surface area contributed by atoms with Gasteiger partial charge in [0, 0.05) is 31.1 Å². The van der Waals surface area contributed by atoms with E-state index >= 15 is 0 Å². The van der Waals surface area contributed by atoms with E-state index < -0.39 is 26.6 Å². The molecule has 0 saturated carbocycles. The molecule has 0 spiro atoms. The second-order valence-corrected chi connectivity index (χ2v) is 8.92. The van der Waals surface area contributed by atoms with Crippen LogP contribution >= 0.6 is 11.8 Å². The number of piperazine rings is 1. The molecule has 0 bridgehead atoms. The van der Waals surface area contributed by atoms with Crippen molar-refractivity contribution in [2.24, 2.45) is 0 Å². The Bertz CT molecular complexity index is 915. The Morgan fingerprint density at radius 3 is 2.33 bits per heavy atom. The zero-order valence-corrected chi connectivity index (χ0v) is 16.0. The highest BCUT2D eigenvalue weighted by atomic mass is 32.2. The van der Waals surface area contributed by atoms with Crippen LogP contribution < -0.4 is 0 Å². The minimum Gasteiger partial charge on any atom is -0.339 e. The molecule has 1 aliphatic heterocycles. The smallest absolute Gasteiger partial charge is 0.246 e. The second-order valence-electron chi connectivity index (χ2n) is 5.96. The van der Waals surface area contributed by atoms with Crippen LogP contribution in [0.3, 0.4) is 0 Å². The fourth-order valence-electron chi connectivity index (χ4n) is 2.74. The van der Waals surface area contributed by atoms with E-state index in [1.54, 1.807) is 4.90 Å². The predicted octanol–water partition coefficient (Wildman–Crippen LogP) is 2.59. The highest BCUT2D eigenvalue weighted by Crippen LogP contribution is 2.22. The molecule has 27 heavy (non-hydrogen) atoms. The lowest BCUT2D eigenvalue weighted by molar-refractivity contribution is -0.129. The number of halogens is 2. The van der Waals surface area contributed by atoms with E-state index in [1.807, 2.05) is 30.3 Å². The number of hydrogen-bond donors (Lipinski definition) is 0. The molecule has 2 aromatic carbocycles. The SMILES string of the molecule is O=C(CSc1ccccc1)N1CCN(S(=O)(=O)c2cc(F)ccc2F)CC1. The molecule has 0 radical (unpaired) electrons. The predicted molar refractivity (Wildman–Crippen MR) is 98.9 cm³/mol. The molecule has 0 atom stereocenters. The summed E-state index contributed by atoms with van der Waals surface area (Å²) in [7, 11) is -4.14. The molecule has 144 valence electrons. The first-order valence-electron chi connectivity index (χ1n) is 8.29. The van der Waals surface area contributed by atoms with Crippen LogP contribution in [-0.2, 0) is 14.8 Å². The van der Waals surface area contributed by atoms with Gasteiger partial charge in [-0.3, -0.25) is 4.79 Å². The number of nitrogens with zero attached hydrogens (tertiary/aromatic N) is 2. The van der Waals surface area contributed by atoms with Gasteiger partial charge < -0.3 is 4.90 Å². The van der Waals surface area contributed by atoms with Gasteiger partial charge in [-0.2, -0.15) is 4.31 Å².